The number of likely N-dealkylation sites (tertiary alicyclic amines) is 1. The summed E-state index contributed by atoms with van der Waals surface area (Å²) in [6.45, 7) is 4.35. The Hall–Kier alpha value is -2.18. The van der Waals surface area contributed by atoms with E-state index in [4.69, 9.17) is 0 Å². The van der Waals surface area contributed by atoms with Crippen LogP contribution in [0.15, 0.2) is 60.0 Å². The lowest BCUT2D eigenvalue weighted by molar-refractivity contribution is 0.362. The van der Waals surface area contributed by atoms with E-state index in [1.165, 1.54) is 31.5 Å². The number of rotatable bonds is 7. The average molecular weight is 366 g/mol. The zero-order valence-corrected chi connectivity index (χ0v) is 15.6. The van der Waals surface area contributed by atoms with E-state index in [0.29, 0.717) is 0 Å². The first-order valence-corrected chi connectivity index (χ1v) is 10.1. The SMILES string of the molecule is c1ccc(Cn2c(SCCN3CCCC3)nnc2-c2cccnc2)cc1. The smallest absolute Gasteiger partial charge is 0.191 e. The van der Waals surface area contributed by atoms with Crippen LogP contribution in [0.4, 0.5) is 0 Å². The minimum absolute atomic E-state index is 0.768. The van der Waals surface area contributed by atoms with Crippen LogP contribution < -0.4 is 0 Å². The first-order chi connectivity index (χ1) is 12.9. The highest BCUT2D eigenvalue weighted by Crippen LogP contribution is 2.25. The van der Waals surface area contributed by atoms with Crippen molar-refractivity contribution in [3.05, 3.63) is 60.4 Å². The molecule has 26 heavy (non-hydrogen) atoms. The van der Waals surface area contributed by atoms with Crippen LogP contribution in [0, 0.1) is 0 Å². The highest BCUT2D eigenvalue weighted by molar-refractivity contribution is 7.99. The van der Waals surface area contributed by atoms with Crippen molar-refractivity contribution in [1.29, 1.82) is 0 Å². The van der Waals surface area contributed by atoms with Gasteiger partial charge in [0.1, 0.15) is 0 Å². The molecule has 1 saturated heterocycles. The third-order valence-electron chi connectivity index (χ3n) is 4.66. The second-order valence-electron chi connectivity index (χ2n) is 6.52. The van der Waals surface area contributed by atoms with Crippen molar-refractivity contribution in [3.8, 4) is 11.4 Å². The van der Waals surface area contributed by atoms with E-state index in [1.807, 2.05) is 24.4 Å². The van der Waals surface area contributed by atoms with Crippen LogP contribution in [-0.4, -0.2) is 50.0 Å². The molecule has 3 heterocycles. The Morgan fingerprint density at radius 2 is 1.81 bits per heavy atom. The quantitative estimate of drug-likeness (QED) is 0.599. The number of hydrogen-bond donors (Lipinski definition) is 0. The van der Waals surface area contributed by atoms with Gasteiger partial charge in [0, 0.05) is 30.3 Å². The molecule has 0 N–H and O–H groups in total. The van der Waals surface area contributed by atoms with Crippen LogP contribution in [0.1, 0.15) is 18.4 Å². The fourth-order valence-corrected chi connectivity index (χ4v) is 4.22. The molecule has 5 nitrogen and oxygen atoms in total. The fraction of sp³-hybridized carbons (Fsp3) is 0.350. The van der Waals surface area contributed by atoms with E-state index in [2.05, 4.69) is 48.9 Å². The molecular formula is C20H23N5S. The van der Waals surface area contributed by atoms with Crippen LogP contribution >= 0.6 is 11.8 Å². The maximum atomic E-state index is 4.48. The summed E-state index contributed by atoms with van der Waals surface area (Å²) in [7, 11) is 0. The van der Waals surface area contributed by atoms with Crippen LogP contribution in [0.25, 0.3) is 11.4 Å². The predicted octanol–water partition coefficient (Wildman–Crippen LogP) is 3.58. The minimum atomic E-state index is 0.768. The van der Waals surface area contributed by atoms with Crippen molar-refractivity contribution >= 4 is 11.8 Å². The number of pyridine rings is 1. The first-order valence-electron chi connectivity index (χ1n) is 9.13. The van der Waals surface area contributed by atoms with Gasteiger partial charge in [0.05, 0.1) is 6.54 Å². The first kappa shape index (κ1) is 17.2. The van der Waals surface area contributed by atoms with Crippen molar-refractivity contribution < 1.29 is 0 Å². The normalized spacial score (nSPS) is 14.8. The summed E-state index contributed by atoms with van der Waals surface area (Å²) < 4.78 is 2.21. The minimum Gasteiger partial charge on any atom is -0.303 e. The number of aromatic nitrogens is 4. The topological polar surface area (TPSA) is 46.8 Å². The van der Waals surface area contributed by atoms with E-state index in [1.54, 1.807) is 18.0 Å². The largest absolute Gasteiger partial charge is 0.303 e. The Balaban J connectivity index is 1.55. The molecule has 4 rings (SSSR count). The molecule has 0 amide bonds. The predicted molar refractivity (Wildman–Crippen MR) is 105 cm³/mol. The highest BCUT2D eigenvalue weighted by Gasteiger charge is 2.16. The van der Waals surface area contributed by atoms with Crippen molar-refractivity contribution in [2.75, 3.05) is 25.4 Å². The molecule has 1 fully saturated rings. The second-order valence-corrected chi connectivity index (χ2v) is 7.58. The molecule has 1 aliphatic heterocycles. The number of thioether (sulfide) groups is 1. The van der Waals surface area contributed by atoms with Crippen LogP contribution in [0.5, 0.6) is 0 Å². The third kappa shape index (κ3) is 4.14. The molecule has 0 bridgehead atoms. The van der Waals surface area contributed by atoms with Crippen LogP contribution in [0.2, 0.25) is 0 Å². The summed E-state index contributed by atoms with van der Waals surface area (Å²) in [4.78, 5) is 6.77. The molecule has 0 unspecified atom stereocenters. The van der Waals surface area contributed by atoms with Gasteiger partial charge in [-0.3, -0.25) is 9.55 Å². The molecule has 134 valence electrons. The molecule has 0 saturated carbocycles. The molecule has 0 atom stereocenters. The Bertz CT molecular complexity index is 813. The molecule has 0 spiro atoms. The Morgan fingerprint density at radius 1 is 0.962 bits per heavy atom. The summed E-state index contributed by atoms with van der Waals surface area (Å²) in [5, 5.41) is 9.93. The van der Waals surface area contributed by atoms with Crippen molar-refractivity contribution in [1.82, 2.24) is 24.6 Å². The maximum Gasteiger partial charge on any atom is 0.191 e. The summed E-state index contributed by atoms with van der Waals surface area (Å²) in [6, 6.07) is 14.5. The fourth-order valence-electron chi connectivity index (χ4n) is 3.28. The molecule has 1 aliphatic rings. The second kappa shape index (κ2) is 8.47. The van der Waals surface area contributed by atoms with E-state index in [9.17, 15) is 0 Å². The average Bonchev–Trinajstić information content (AvgIpc) is 3.34. The summed E-state index contributed by atoms with van der Waals surface area (Å²) in [6.07, 6.45) is 6.30. The summed E-state index contributed by atoms with van der Waals surface area (Å²) in [5.74, 6) is 1.92. The number of benzene rings is 1. The van der Waals surface area contributed by atoms with E-state index in [0.717, 1.165) is 35.4 Å². The lowest BCUT2D eigenvalue weighted by Crippen LogP contribution is -2.22. The van der Waals surface area contributed by atoms with Gasteiger partial charge in [-0.25, -0.2) is 0 Å². The molecule has 3 aromatic rings. The molecule has 2 aromatic heterocycles. The summed E-state index contributed by atoms with van der Waals surface area (Å²) in [5.41, 5.74) is 2.25. The molecular weight excluding hydrogens is 342 g/mol. The molecule has 0 aliphatic carbocycles. The van der Waals surface area contributed by atoms with Gasteiger partial charge in [0.2, 0.25) is 0 Å². The molecule has 0 radical (unpaired) electrons. The number of hydrogen-bond acceptors (Lipinski definition) is 5. The van der Waals surface area contributed by atoms with Gasteiger partial charge in [0.15, 0.2) is 11.0 Å². The van der Waals surface area contributed by atoms with E-state index in [-0.39, 0.29) is 0 Å². The standard InChI is InChI=1S/C20H23N5S/c1-2-7-17(8-3-1)16-25-19(18-9-6-10-21-15-18)22-23-20(25)26-14-13-24-11-4-5-12-24/h1-3,6-10,15H,4-5,11-14,16H2. The monoisotopic (exact) mass is 365 g/mol. The third-order valence-corrected chi connectivity index (χ3v) is 5.60. The molecule has 6 heteroatoms. The van der Waals surface area contributed by atoms with Gasteiger partial charge >= 0.3 is 0 Å². The summed E-state index contributed by atoms with van der Waals surface area (Å²) >= 11 is 1.80. The van der Waals surface area contributed by atoms with Gasteiger partial charge in [-0.05, 0) is 43.6 Å². The number of nitrogens with zero attached hydrogens (tertiary/aromatic N) is 5. The van der Waals surface area contributed by atoms with Crippen molar-refractivity contribution in [2.24, 2.45) is 0 Å². The highest BCUT2D eigenvalue weighted by atomic mass is 32.2. The van der Waals surface area contributed by atoms with Crippen molar-refractivity contribution in [2.45, 2.75) is 24.5 Å². The van der Waals surface area contributed by atoms with Gasteiger partial charge in [0.25, 0.3) is 0 Å². The van der Waals surface area contributed by atoms with Gasteiger partial charge < -0.3 is 4.90 Å². The Kier molecular flexibility index (Phi) is 5.62. The van der Waals surface area contributed by atoms with E-state index < -0.39 is 0 Å². The zero-order chi connectivity index (χ0) is 17.6. The van der Waals surface area contributed by atoms with Crippen molar-refractivity contribution in [3.63, 3.8) is 0 Å². The lowest BCUT2D eigenvalue weighted by Gasteiger charge is -2.14. The Labute approximate surface area is 158 Å². The van der Waals surface area contributed by atoms with Gasteiger partial charge in [-0.15, -0.1) is 10.2 Å². The van der Waals surface area contributed by atoms with E-state index >= 15 is 0 Å². The van der Waals surface area contributed by atoms with Crippen LogP contribution in [-0.2, 0) is 6.54 Å². The van der Waals surface area contributed by atoms with Crippen LogP contribution in [0.3, 0.4) is 0 Å². The van der Waals surface area contributed by atoms with Gasteiger partial charge in [-0.2, -0.15) is 0 Å². The maximum absolute atomic E-state index is 4.48. The van der Waals surface area contributed by atoms with Gasteiger partial charge in [-0.1, -0.05) is 42.1 Å². The Morgan fingerprint density at radius 3 is 2.58 bits per heavy atom. The zero-order valence-electron chi connectivity index (χ0n) is 14.8. The molecule has 1 aromatic carbocycles. The lowest BCUT2D eigenvalue weighted by atomic mass is 10.2.